The second-order valence-corrected chi connectivity index (χ2v) is 8.53. The quantitative estimate of drug-likeness (QED) is 0.697. The lowest BCUT2D eigenvalue weighted by Gasteiger charge is -2.28. The molecule has 3 aliphatic rings. The minimum atomic E-state index is -0.392. The first-order valence-electron chi connectivity index (χ1n) is 9.79. The number of nitrogens with one attached hydrogen (secondary N) is 1. The lowest BCUT2D eigenvalue weighted by atomic mass is 9.84. The molecule has 1 atom stereocenters. The van der Waals surface area contributed by atoms with Gasteiger partial charge in [0, 0.05) is 22.5 Å². The molecule has 0 bridgehead atoms. The average molecular weight is 450 g/mol. The Morgan fingerprint density at radius 2 is 1.93 bits per heavy atom. The summed E-state index contributed by atoms with van der Waals surface area (Å²) in [5, 5.41) is 2.79. The second kappa shape index (κ2) is 8.15. The summed E-state index contributed by atoms with van der Waals surface area (Å²) in [7, 11) is 0. The molecule has 2 heterocycles. The molecule has 1 aliphatic carbocycles. The molecule has 6 nitrogen and oxygen atoms in total. The lowest BCUT2D eigenvalue weighted by molar-refractivity contribution is -0.141. The van der Waals surface area contributed by atoms with Crippen LogP contribution >= 0.6 is 15.9 Å². The van der Waals surface area contributed by atoms with Crippen molar-refractivity contribution in [2.75, 3.05) is 13.4 Å². The third-order valence-corrected chi connectivity index (χ3v) is 6.42. The predicted molar refractivity (Wildman–Crippen MR) is 106 cm³/mol. The zero-order valence-electron chi connectivity index (χ0n) is 15.9. The first kappa shape index (κ1) is 19.3. The van der Waals surface area contributed by atoms with Crippen LogP contribution in [0.4, 0.5) is 0 Å². The second-order valence-electron chi connectivity index (χ2n) is 7.67. The summed E-state index contributed by atoms with van der Waals surface area (Å²) in [5.74, 6) is 0.854. The van der Waals surface area contributed by atoms with Crippen LogP contribution < -0.4 is 14.8 Å². The maximum absolute atomic E-state index is 13.0. The normalized spacial score (nSPS) is 22.2. The number of halogens is 1. The Morgan fingerprint density at radius 3 is 2.68 bits per heavy atom. The summed E-state index contributed by atoms with van der Waals surface area (Å²) in [6.07, 6.45) is 6.07. The van der Waals surface area contributed by atoms with Gasteiger partial charge in [0.15, 0.2) is 11.5 Å². The highest BCUT2D eigenvalue weighted by Crippen LogP contribution is 2.44. The molecule has 0 spiro atoms. The van der Waals surface area contributed by atoms with E-state index in [1.165, 1.54) is 19.3 Å². The molecule has 0 aromatic heterocycles. The number of carbonyl (C=O) groups excluding carboxylic acids is 2. The minimum absolute atomic E-state index is 0.115. The monoisotopic (exact) mass is 449 g/mol. The van der Waals surface area contributed by atoms with Gasteiger partial charge in [0.05, 0.1) is 12.2 Å². The van der Waals surface area contributed by atoms with Gasteiger partial charge in [-0.2, -0.15) is 0 Å². The molecule has 1 aromatic rings. The van der Waals surface area contributed by atoms with Crippen LogP contribution in [0, 0.1) is 5.92 Å². The number of benzene rings is 1. The smallest absolute Gasteiger partial charge is 0.336 e. The molecule has 1 aromatic carbocycles. The number of carbonyl (C=O) groups is 2. The fourth-order valence-electron chi connectivity index (χ4n) is 4.26. The Balaban J connectivity index is 1.59. The van der Waals surface area contributed by atoms with Gasteiger partial charge in [0.2, 0.25) is 12.7 Å². The highest BCUT2D eigenvalue weighted by Gasteiger charge is 2.35. The van der Waals surface area contributed by atoms with E-state index in [0.717, 1.165) is 22.9 Å². The van der Waals surface area contributed by atoms with Gasteiger partial charge in [-0.1, -0.05) is 35.2 Å². The van der Waals surface area contributed by atoms with Crippen molar-refractivity contribution in [3.8, 4) is 11.5 Å². The van der Waals surface area contributed by atoms with Crippen molar-refractivity contribution in [2.45, 2.75) is 51.4 Å². The van der Waals surface area contributed by atoms with Crippen LogP contribution in [0.25, 0.3) is 0 Å². The van der Waals surface area contributed by atoms with Crippen molar-refractivity contribution in [2.24, 2.45) is 5.92 Å². The summed E-state index contributed by atoms with van der Waals surface area (Å²) in [6.45, 7) is 2.36. The maximum Gasteiger partial charge on any atom is 0.336 e. The van der Waals surface area contributed by atoms with Crippen molar-refractivity contribution in [3.63, 3.8) is 0 Å². The van der Waals surface area contributed by atoms with E-state index >= 15 is 0 Å². The Hall–Kier alpha value is -2.02. The van der Waals surface area contributed by atoms with Gasteiger partial charge in [-0.15, -0.1) is 0 Å². The minimum Gasteiger partial charge on any atom is -0.462 e. The van der Waals surface area contributed by atoms with Crippen LogP contribution in [0.2, 0.25) is 0 Å². The van der Waals surface area contributed by atoms with Crippen LogP contribution in [0.5, 0.6) is 11.5 Å². The van der Waals surface area contributed by atoms with Gasteiger partial charge in [-0.3, -0.25) is 4.79 Å². The molecule has 1 N–H and O–H groups in total. The van der Waals surface area contributed by atoms with E-state index in [0.29, 0.717) is 35.3 Å². The third kappa shape index (κ3) is 3.90. The SMILES string of the molecule is CC1=C(C(=O)OCC2CCCCC2)C(c2cc3c(cc2Br)OCO3)CC(=O)N1. The fourth-order valence-corrected chi connectivity index (χ4v) is 4.86. The zero-order chi connectivity index (χ0) is 19.7. The molecule has 7 heteroatoms. The number of amides is 1. The Morgan fingerprint density at radius 1 is 1.21 bits per heavy atom. The first-order valence-corrected chi connectivity index (χ1v) is 10.6. The van der Waals surface area contributed by atoms with E-state index in [9.17, 15) is 9.59 Å². The van der Waals surface area contributed by atoms with Crippen molar-refractivity contribution < 1.29 is 23.8 Å². The van der Waals surface area contributed by atoms with Gasteiger partial charge < -0.3 is 19.5 Å². The van der Waals surface area contributed by atoms with Gasteiger partial charge >= 0.3 is 5.97 Å². The molecule has 28 heavy (non-hydrogen) atoms. The third-order valence-electron chi connectivity index (χ3n) is 5.73. The molecule has 1 amide bonds. The van der Waals surface area contributed by atoms with Crippen molar-refractivity contribution >= 4 is 27.8 Å². The summed E-state index contributed by atoms with van der Waals surface area (Å²) in [5.41, 5.74) is 1.89. The van der Waals surface area contributed by atoms with Crippen molar-refractivity contribution in [1.29, 1.82) is 0 Å². The molecule has 2 aliphatic heterocycles. The standard InChI is InChI=1S/C21H24BrNO5/c1-12-20(21(25)26-10-13-5-3-2-4-6-13)15(8-19(24)23-12)14-7-17-18(9-16(14)22)28-11-27-17/h7,9,13,15H,2-6,8,10-11H2,1H3,(H,23,24). The highest BCUT2D eigenvalue weighted by atomic mass is 79.9. The Kier molecular flexibility index (Phi) is 5.62. The topological polar surface area (TPSA) is 73.9 Å². The van der Waals surface area contributed by atoms with Crippen LogP contribution in [-0.2, 0) is 14.3 Å². The first-order chi connectivity index (χ1) is 13.5. The van der Waals surface area contributed by atoms with Gasteiger partial charge in [-0.05, 0) is 43.4 Å². The molecule has 1 unspecified atom stereocenters. The van der Waals surface area contributed by atoms with Crippen LogP contribution in [0.15, 0.2) is 27.9 Å². The molecule has 0 radical (unpaired) electrons. The van der Waals surface area contributed by atoms with Gasteiger partial charge in [0.25, 0.3) is 0 Å². The number of allylic oxidation sites excluding steroid dienone is 1. The van der Waals surface area contributed by atoms with E-state index < -0.39 is 5.92 Å². The molecular formula is C21H24BrNO5. The van der Waals surface area contributed by atoms with Gasteiger partial charge in [-0.25, -0.2) is 4.79 Å². The van der Waals surface area contributed by atoms with E-state index in [1.807, 2.05) is 12.1 Å². The summed E-state index contributed by atoms with van der Waals surface area (Å²) < 4.78 is 17.4. The number of fused-ring (bicyclic) bond motifs is 1. The molecule has 150 valence electrons. The van der Waals surface area contributed by atoms with E-state index in [-0.39, 0.29) is 25.1 Å². The van der Waals surface area contributed by atoms with Crippen molar-refractivity contribution in [3.05, 3.63) is 33.4 Å². The number of ether oxygens (including phenoxy) is 3. The summed E-state index contributed by atoms with van der Waals surface area (Å²) in [4.78, 5) is 25.2. The number of esters is 1. The lowest BCUT2D eigenvalue weighted by Crippen LogP contribution is -2.34. The van der Waals surface area contributed by atoms with E-state index in [1.54, 1.807) is 6.92 Å². The number of hydrogen-bond acceptors (Lipinski definition) is 5. The van der Waals surface area contributed by atoms with Crippen LogP contribution in [-0.4, -0.2) is 25.3 Å². The largest absolute Gasteiger partial charge is 0.462 e. The van der Waals surface area contributed by atoms with E-state index in [4.69, 9.17) is 14.2 Å². The van der Waals surface area contributed by atoms with Crippen LogP contribution in [0.3, 0.4) is 0 Å². The Bertz CT molecular complexity index is 828. The summed E-state index contributed by atoms with van der Waals surface area (Å²) in [6, 6.07) is 3.67. The predicted octanol–water partition coefficient (Wildman–Crippen LogP) is 4.18. The van der Waals surface area contributed by atoms with Gasteiger partial charge in [0.1, 0.15) is 0 Å². The number of rotatable bonds is 4. The average Bonchev–Trinajstić information content (AvgIpc) is 3.13. The number of hydrogen-bond donors (Lipinski definition) is 1. The zero-order valence-corrected chi connectivity index (χ0v) is 17.5. The highest BCUT2D eigenvalue weighted by molar-refractivity contribution is 9.10. The van der Waals surface area contributed by atoms with Crippen LogP contribution in [0.1, 0.15) is 56.9 Å². The maximum atomic E-state index is 13.0. The van der Waals surface area contributed by atoms with Crippen molar-refractivity contribution in [1.82, 2.24) is 5.32 Å². The molecule has 1 saturated carbocycles. The molecule has 4 rings (SSSR count). The molecule has 0 saturated heterocycles. The molecule has 1 fully saturated rings. The summed E-state index contributed by atoms with van der Waals surface area (Å²) >= 11 is 3.56. The Labute approximate surface area is 172 Å². The van der Waals surface area contributed by atoms with E-state index in [2.05, 4.69) is 21.2 Å². The fraction of sp³-hybridized carbons (Fsp3) is 0.524. The molecular weight excluding hydrogens is 426 g/mol.